The molecule has 0 amide bonds. The van der Waals surface area contributed by atoms with Crippen LogP contribution in [0.15, 0.2) is 44.8 Å². The normalized spacial score (nSPS) is 16.9. The minimum atomic E-state index is -3.52. The van der Waals surface area contributed by atoms with E-state index in [1.54, 1.807) is 46.4 Å². The molecule has 4 aromatic heterocycles. The third-order valence-electron chi connectivity index (χ3n) is 5.63. The fourth-order valence-electron chi connectivity index (χ4n) is 3.95. The van der Waals surface area contributed by atoms with Crippen molar-refractivity contribution in [1.82, 2.24) is 24.3 Å². The van der Waals surface area contributed by atoms with Crippen molar-refractivity contribution >= 4 is 48.7 Å². The van der Waals surface area contributed by atoms with Crippen molar-refractivity contribution in [2.75, 3.05) is 38.0 Å². The maximum atomic E-state index is 13.1. The number of piperazine rings is 1. The molecule has 0 spiro atoms. The number of hydrogen-bond donors (Lipinski definition) is 1. The van der Waals surface area contributed by atoms with Crippen molar-refractivity contribution in [3.63, 3.8) is 0 Å². The van der Waals surface area contributed by atoms with E-state index in [1.165, 1.54) is 11.3 Å². The standard InChI is InChI=1S/C21H24N6O3S3/c1-14-12-31-20-19(14)22-13-23-21(20)25-15(2)11-26-7-9-27(10-8-26)33(28,29)18-4-3-17(32-18)16-5-6-24-30-16/h3-6,12-13,15H,7-11H2,1-2H3,(H,22,23,25)/t15-/m0/s1. The van der Waals surface area contributed by atoms with Gasteiger partial charge < -0.3 is 9.84 Å². The summed E-state index contributed by atoms with van der Waals surface area (Å²) in [5, 5.41) is 9.29. The summed E-state index contributed by atoms with van der Waals surface area (Å²) in [4.78, 5) is 11.8. The Morgan fingerprint density at radius 3 is 2.76 bits per heavy atom. The highest BCUT2D eigenvalue weighted by atomic mass is 32.2. The number of nitrogens with zero attached hydrogens (tertiary/aromatic N) is 5. The number of nitrogens with one attached hydrogen (secondary N) is 1. The molecule has 9 nitrogen and oxygen atoms in total. The van der Waals surface area contributed by atoms with Crippen LogP contribution in [0.1, 0.15) is 12.5 Å². The van der Waals surface area contributed by atoms with Gasteiger partial charge in [0.05, 0.1) is 21.3 Å². The average molecular weight is 505 g/mol. The van der Waals surface area contributed by atoms with Gasteiger partial charge in [0.2, 0.25) is 0 Å². The van der Waals surface area contributed by atoms with Gasteiger partial charge in [-0.3, -0.25) is 4.90 Å². The summed E-state index contributed by atoms with van der Waals surface area (Å²) in [5.41, 5.74) is 2.15. The van der Waals surface area contributed by atoms with E-state index in [4.69, 9.17) is 4.52 Å². The Hall–Kier alpha value is -2.38. The molecule has 1 aliphatic heterocycles. The lowest BCUT2D eigenvalue weighted by Gasteiger charge is -2.35. The maximum absolute atomic E-state index is 13.1. The highest BCUT2D eigenvalue weighted by Gasteiger charge is 2.30. The topological polar surface area (TPSA) is 104 Å². The molecule has 33 heavy (non-hydrogen) atoms. The second-order valence-corrected chi connectivity index (χ2v) is 12.2. The van der Waals surface area contributed by atoms with Crippen LogP contribution in [0.5, 0.6) is 0 Å². The van der Waals surface area contributed by atoms with Gasteiger partial charge in [0.25, 0.3) is 10.0 Å². The molecule has 0 aromatic carbocycles. The summed E-state index contributed by atoms with van der Waals surface area (Å²) in [6.07, 6.45) is 3.15. The van der Waals surface area contributed by atoms with Crippen LogP contribution >= 0.6 is 22.7 Å². The lowest BCUT2D eigenvalue weighted by atomic mass is 10.2. The summed E-state index contributed by atoms with van der Waals surface area (Å²) >= 11 is 2.86. The number of fused-ring (bicyclic) bond motifs is 1. The fourth-order valence-corrected chi connectivity index (χ4v) is 7.75. The minimum Gasteiger partial charge on any atom is -0.365 e. The van der Waals surface area contributed by atoms with Crippen LogP contribution < -0.4 is 5.32 Å². The minimum absolute atomic E-state index is 0.162. The SMILES string of the molecule is Cc1csc2c(N[C@@H](C)CN3CCN(S(=O)(=O)c4ccc(-c5ccno5)s4)CC3)ncnc12. The molecule has 1 N–H and O–H groups in total. The van der Waals surface area contributed by atoms with Gasteiger partial charge in [-0.15, -0.1) is 22.7 Å². The summed E-state index contributed by atoms with van der Waals surface area (Å²) in [7, 11) is -3.52. The number of aromatic nitrogens is 3. The first kappa shape index (κ1) is 22.4. The molecule has 1 saturated heterocycles. The molecule has 1 fully saturated rings. The number of thiophene rings is 2. The highest BCUT2D eigenvalue weighted by molar-refractivity contribution is 7.91. The molecule has 0 aliphatic carbocycles. The summed E-state index contributed by atoms with van der Waals surface area (Å²) < 4.78 is 34.3. The van der Waals surface area contributed by atoms with Crippen LogP contribution in [0, 0.1) is 6.92 Å². The van der Waals surface area contributed by atoms with Crippen LogP contribution in [0.3, 0.4) is 0 Å². The predicted molar refractivity (Wildman–Crippen MR) is 130 cm³/mol. The predicted octanol–water partition coefficient (Wildman–Crippen LogP) is 3.52. The van der Waals surface area contributed by atoms with E-state index in [1.807, 2.05) is 0 Å². The van der Waals surface area contributed by atoms with E-state index >= 15 is 0 Å². The van der Waals surface area contributed by atoms with Crippen LogP contribution in [0.4, 0.5) is 5.82 Å². The molecule has 174 valence electrons. The van der Waals surface area contributed by atoms with Gasteiger partial charge in [0, 0.05) is 44.8 Å². The zero-order valence-corrected chi connectivity index (χ0v) is 20.7. The van der Waals surface area contributed by atoms with Gasteiger partial charge in [-0.2, -0.15) is 4.31 Å². The van der Waals surface area contributed by atoms with E-state index in [2.05, 4.69) is 44.6 Å². The van der Waals surface area contributed by atoms with E-state index < -0.39 is 10.0 Å². The largest absolute Gasteiger partial charge is 0.365 e. The Kier molecular flexibility index (Phi) is 6.18. The first-order valence-electron chi connectivity index (χ1n) is 10.6. The molecular formula is C21H24N6O3S3. The second-order valence-electron chi connectivity index (χ2n) is 8.06. The molecule has 0 bridgehead atoms. The first-order valence-corrected chi connectivity index (χ1v) is 13.7. The zero-order chi connectivity index (χ0) is 23.0. The Morgan fingerprint density at radius 1 is 1.18 bits per heavy atom. The van der Waals surface area contributed by atoms with Gasteiger partial charge in [-0.1, -0.05) is 5.16 Å². The van der Waals surface area contributed by atoms with Crippen LogP contribution in [-0.4, -0.2) is 71.5 Å². The average Bonchev–Trinajstić information content (AvgIpc) is 3.56. The maximum Gasteiger partial charge on any atom is 0.252 e. The molecule has 1 aliphatic rings. The molecule has 4 aromatic rings. The number of hydrogen-bond acceptors (Lipinski definition) is 10. The van der Waals surface area contributed by atoms with Crippen molar-refractivity contribution in [2.24, 2.45) is 0 Å². The van der Waals surface area contributed by atoms with Crippen molar-refractivity contribution in [3.05, 3.63) is 41.7 Å². The lowest BCUT2D eigenvalue weighted by molar-refractivity contribution is 0.184. The van der Waals surface area contributed by atoms with Gasteiger partial charge >= 0.3 is 0 Å². The number of sulfonamides is 1. The molecular weight excluding hydrogens is 480 g/mol. The monoisotopic (exact) mass is 504 g/mol. The molecule has 0 saturated carbocycles. The number of rotatable bonds is 7. The molecule has 5 heterocycles. The summed E-state index contributed by atoms with van der Waals surface area (Å²) in [6.45, 7) is 7.27. The lowest BCUT2D eigenvalue weighted by Crippen LogP contribution is -2.50. The number of aryl methyl sites for hydroxylation is 1. The summed E-state index contributed by atoms with van der Waals surface area (Å²) in [5.74, 6) is 1.43. The molecule has 5 rings (SSSR count). The third kappa shape index (κ3) is 4.53. The van der Waals surface area contributed by atoms with Crippen molar-refractivity contribution < 1.29 is 12.9 Å². The first-order chi connectivity index (χ1) is 15.9. The van der Waals surface area contributed by atoms with Crippen molar-refractivity contribution in [1.29, 1.82) is 0 Å². The summed E-state index contributed by atoms with van der Waals surface area (Å²) in [6, 6.07) is 5.30. The van der Waals surface area contributed by atoms with Gasteiger partial charge in [-0.25, -0.2) is 18.4 Å². The zero-order valence-electron chi connectivity index (χ0n) is 18.3. The molecule has 1 atom stereocenters. The Balaban J connectivity index is 1.18. The van der Waals surface area contributed by atoms with Crippen LogP contribution in [-0.2, 0) is 10.0 Å². The van der Waals surface area contributed by atoms with Gasteiger partial charge in [0.1, 0.15) is 16.4 Å². The van der Waals surface area contributed by atoms with E-state index in [0.29, 0.717) is 36.1 Å². The van der Waals surface area contributed by atoms with Gasteiger partial charge in [0.15, 0.2) is 5.76 Å². The van der Waals surface area contributed by atoms with Crippen LogP contribution in [0.25, 0.3) is 20.9 Å². The Bertz CT molecular complexity index is 1340. The van der Waals surface area contributed by atoms with E-state index in [0.717, 1.165) is 33.0 Å². The quantitative estimate of drug-likeness (QED) is 0.408. The fraction of sp³-hybridized carbons (Fsp3) is 0.381. The molecule has 0 unspecified atom stereocenters. The van der Waals surface area contributed by atoms with Crippen molar-refractivity contribution in [3.8, 4) is 10.6 Å². The Morgan fingerprint density at radius 2 is 2.00 bits per heavy atom. The van der Waals surface area contributed by atoms with E-state index in [-0.39, 0.29) is 6.04 Å². The second kappa shape index (κ2) is 9.11. The highest BCUT2D eigenvalue weighted by Crippen LogP contribution is 2.32. The van der Waals surface area contributed by atoms with E-state index in [9.17, 15) is 8.42 Å². The van der Waals surface area contributed by atoms with Crippen molar-refractivity contribution in [2.45, 2.75) is 24.1 Å². The van der Waals surface area contributed by atoms with Gasteiger partial charge in [-0.05, 0) is 36.9 Å². The van der Waals surface area contributed by atoms with Crippen LogP contribution in [0.2, 0.25) is 0 Å². The third-order valence-corrected chi connectivity index (χ3v) is 10.2. The molecule has 12 heteroatoms. The smallest absolute Gasteiger partial charge is 0.252 e. The molecule has 0 radical (unpaired) electrons. The number of anilines is 1. The Labute approximate surface area is 200 Å².